The molecule has 1 aromatic heterocycles. The monoisotopic (exact) mass is 424 g/mol. The summed E-state index contributed by atoms with van der Waals surface area (Å²) in [6, 6.07) is 9.76. The SMILES string of the molecule is CC(=O)N1C2C=C(CN3CCC(N(C)c4nc5ccccc5s4)CC3)CC1CCC2. The van der Waals surface area contributed by atoms with Crippen LogP contribution >= 0.6 is 11.3 Å². The number of thiazole rings is 1. The van der Waals surface area contributed by atoms with Crippen LogP contribution in [0.15, 0.2) is 35.9 Å². The topological polar surface area (TPSA) is 39.7 Å². The van der Waals surface area contributed by atoms with Crippen LogP contribution < -0.4 is 4.90 Å². The van der Waals surface area contributed by atoms with Gasteiger partial charge in [0.1, 0.15) is 0 Å². The summed E-state index contributed by atoms with van der Waals surface area (Å²) >= 11 is 1.80. The summed E-state index contributed by atoms with van der Waals surface area (Å²) in [6.45, 7) is 5.10. The number of piperidine rings is 2. The molecule has 3 aliphatic heterocycles. The molecule has 0 N–H and O–H groups in total. The summed E-state index contributed by atoms with van der Waals surface area (Å²) in [5, 5.41) is 1.14. The molecule has 0 saturated carbocycles. The van der Waals surface area contributed by atoms with Gasteiger partial charge in [0, 0.05) is 45.7 Å². The second-order valence-electron chi connectivity index (χ2n) is 9.19. The molecule has 5 rings (SSSR count). The van der Waals surface area contributed by atoms with Crippen molar-refractivity contribution >= 4 is 32.6 Å². The Bertz CT molecular complexity index is 913. The van der Waals surface area contributed by atoms with Gasteiger partial charge in [-0.2, -0.15) is 0 Å². The van der Waals surface area contributed by atoms with Gasteiger partial charge in [0.25, 0.3) is 0 Å². The molecule has 30 heavy (non-hydrogen) atoms. The van der Waals surface area contributed by atoms with Gasteiger partial charge in [-0.15, -0.1) is 0 Å². The fourth-order valence-corrected chi connectivity index (χ4v) is 6.64. The van der Waals surface area contributed by atoms with Gasteiger partial charge in [-0.3, -0.25) is 9.69 Å². The van der Waals surface area contributed by atoms with Crippen molar-refractivity contribution in [2.75, 3.05) is 31.6 Å². The maximum Gasteiger partial charge on any atom is 0.220 e. The highest BCUT2D eigenvalue weighted by atomic mass is 32.1. The first kappa shape index (κ1) is 20.0. The number of carbonyl (C=O) groups is 1. The number of para-hydroxylation sites is 1. The number of aromatic nitrogens is 1. The van der Waals surface area contributed by atoms with E-state index < -0.39 is 0 Å². The minimum absolute atomic E-state index is 0.249. The molecule has 3 aliphatic rings. The van der Waals surface area contributed by atoms with Crippen LogP contribution in [0.25, 0.3) is 10.2 Å². The number of hydrogen-bond acceptors (Lipinski definition) is 5. The van der Waals surface area contributed by atoms with Crippen LogP contribution in [0.1, 0.15) is 45.4 Å². The van der Waals surface area contributed by atoms with E-state index in [1.807, 2.05) is 0 Å². The molecule has 160 valence electrons. The van der Waals surface area contributed by atoms with E-state index in [-0.39, 0.29) is 5.91 Å². The van der Waals surface area contributed by atoms with Gasteiger partial charge in [-0.1, -0.05) is 35.1 Å². The van der Waals surface area contributed by atoms with Crippen molar-refractivity contribution in [1.82, 2.24) is 14.8 Å². The summed E-state index contributed by atoms with van der Waals surface area (Å²) in [5.41, 5.74) is 2.66. The van der Waals surface area contributed by atoms with Gasteiger partial charge >= 0.3 is 0 Å². The summed E-state index contributed by atoms with van der Waals surface area (Å²) < 4.78 is 1.27. The highest BCUT2D eigenvalue weighted by molar-refractivity contribution is 7.22. The lowest BCUT2D eigenvalue weighted by molar-refractivity contribution is -0.135. The van der Waals surface area contributed by atoms with Crippen molar-refractivity contribution in [3.05, 3.63) is 35.9 Å². The van der Waals surface area contributed by atoms with Gasteiger partial charge in [0.2, 0.25) is 5.91 Å². The molecule has 2 fully saturated rings. The molecule has 0 radical (unpaired) electrons. The van der Waals surface area contributed by atoms with Crippen molar-refractivity contribution in [1.29, 1.82) is 0 Å². The fourth-order valence-electron chi connectivity index (χ4n) is 5.65. The van der Waals surface area contributed by atoms with Crippen LogP contribution in [0.3, 0.4) is 0 Å². The highest BCUT2D eigenvalue weighted by Crippen LogP contribution is 2.34. The van der Waals surface area contributed by atoms with Crippen LogP contribution in [0.4, 0.5) is 5.13 Å². The summed E-state index contributed by atoms with van der Waals surface area (Å²) in [7, 11) is 2.21. The molecule has 5 nitrogen and oxygen atoms in total. The molecule has 0 aliphatic carbocycles. The zero-order valence-corrected chi connectivity index (χ0v) is 18.9. The predicted molar refractivity (Wildman–Crippen MR) is 124 cm³/mol. The Balaban J connectivity index is 1.19. The van der Waals surface area contributed by atoms with E-state index in [4.69, 9.17) is 4.98 Å². The lowest BCUT2D eigenvalue weighted by Crippen LogP contribution is -2.52. The van der Waals surface area contributed by atoms with E-state index in [9.17, 15) is 4.79 Å². The van der Waals surface area contributed by atoms with E-state index in [1.165, 1.54) is 30.4 Å². The molecule has 2 saturated heterocycles. The van der Waals surface area contributed by atoms with Crippen molar-refractivity contribution < 1.29 is 4.79 Å². The minimum atomic E-state index is 0.249. The molecule has 1 aromatic carbocycles. The fraction of sp³-hybridized carbons (Fsp3) is 0.583. The minimum Gasteiger partial charge on any atom is -0.348 e. The number of anilines is 1. The Morgan fingerprint density at radius 2 is 2.00 bits per heavy atom. The second kappa shape index (κ2) is 8.31. The summed E-state index contributed by atoms with van der Waals surface area (Å²) in [6.07, 6.45) is 9.42. The van der Waals surface area contributed by atoms with E-state index in [0.29, 0.717) is 18.1 Å². The van der Waals surface area contributed by atoms with Gasteiger partial charge < -0.3 is 9.80 Å². The molecular weight excluding hydrogens is 392 g/mol. The van der Waals surface area contributed by atoms with Crippen molar-refractivity contribution in [2.45, 2.75) is 63.6 Å². The maximum absolute atomic E-state index is 12.1. The van der Waals surface area contributed by atoms with Crippen LogP contribution in [-0.4, -0.2) is 65.5 Å². The van der Waals surface area contributed by atoms with Gasteiger partial charge in [-0.25, -0.2) is 4.98 Å². The molecule has 1 amide bonds. The number of benzene rings is 1. The lowest BCUT2D eigenvalue weighted by Gasteiger charge is -2.45. The van der Waals surface area contributed by atoms with E-state index in [1.54, 1.807) is 23.8 Å². The average Bonchev–Trinajstić information content (AvgIpc) is 3.17. The van der Waals surface area contributed by atoms with Crippen molar-refractivity contribution in [2.24, 2.45) is 0 Å². The van der Waals surface area contributed by atoms with Crippen LogP contribution in [0.2, 0.25) is 0 Å². The number of nitrogens with zero attached hydrogens (tertiary/aromatic N) is 4. The smallest absolute Gasteiger partial charge is 0.220 e. The third kappa shape index (κ3) is 3.87. The van der Waals surface area contributed by atoms with Crippen LogP contribution in [-0.2, 0) is 4.79 Å². The van der Waals surface area contributed by atoms with Gasteiger partial charge in [0.15, 0.2) is 5.13 Å². The molecule has 2 bridgehead atoms. The second-order valence-corrected chi connectivity index (χ2v) is 10.2. The standard InChI is InChI=1S/C24H32N4OS/c1-17(29)28-20-6-5-7-21(28)15-18(14-20)16-27-12-10-19(11-13-27)26(2)24-25-22-8-3-4-9-23(22)30-24/h3-4,8-9,14,19-21H,5-7,10-13,15-16H2,1-2H3. The normalized spacial score (nSPS) is 25.4. The largest absolute Gasteiger partial charge is 0.348 e. The van der Waals surface area contributed by atoms with E-state index in [0.717, 1.165) is 43.1 Å². The maximum atomic E-state index is 12.1. The summed E-state index contributed by atoms with van der Waals surface area (Å²) in [5.74, 6) is 0.249. The van der Waals surface area contributed by atoms with E-state index in [2.05, 4.69) is 52.1 Å². The first-order valence-electron chi connectivity index (χ1n) is 11.4. The van der Waals surface area contributed by atoms with E-state index >= 15 is 0 Å². The Kier molecular flexibility index (Phi) is 5.54. The molecule has 2 aromatic rings. The average molecular weight is 425 g/mol. The first-order valence-corrected chi connectivity index (χ1v) is 12.2. The van der Waals surface area contributed by atoms with Crippen LogP contribution in [0.5, 0.6) is 0 Å². The highest BCUT2D eigenvalue weighted by Gasteiger charge is 2.36. The molecule has 6 heteroatoms. The Morgan fingerprint density at radius 3 is 2.73 bits per heavy atom. The Hall–Kier alpha value is -1.92. The van der Waals surface area contributed by atoms with Crippen molar-refractivity contribution in [3.63, 3.8) is 0 Å². The molecule has 2 unspecified atom stereocenters. The van der Waals surface area contributed by atoms with Crippen molar-refractivity contribution in [3.8, 4) is 0 Å². The van der Waals surface area contributed by atoms with Crippen LogP contribution in [0, 0.1) is 0 Å². The van der Waals surface area contributed by atoms with Gasteiger partial charge in [-0.05, 0) is 50.7 Å². The molecule has 4 heterocycles. The first-order chi connectivity index (χ1) is 14.6. The number of rotatable bonds is 4. The third-order valence-corrected chi connectivity index (χ3v) is 8.32. The predicted octanol–water partition coefficient (Wildman–Crippen LogP) is 4.30. The Labute approximate surface area is 183 Å². The zero-order valence-electron chi connectivity index (χ0n) is 18.1. The Morgan fingerprint density at radius 1 is 1.20 bits per heavy atom. The molecular formula is C24H32N4OS. The molecule has 0 spiro atoms. The number of likely N-dealkylation sites (tertiary alicyclic amines) is 1. The third-order valence-electron chi connectivity index (χ3n) is 7.19. The number of carbonyl (C=O) groups excluding carboxylic acids is 1. The van der Waals surface area contributed by atoms with Gasteiger partial charge in [0.05, 0.1) is 16.3 Å². The number of amides is 1. The number of hydrogen-bond donors (Lipinski definition) is 0. The zero-order chi connectivity index (χ0) is 20.7. The summed E-state index contributed by atoms with van der Waals surface area (Å²) in [4.78, 5) is 24.1. The number of fused-ring (bicyclic) bond motifs is 3. The lowest BCUT2D eigenvalue weighted by atomic mass is 9.84. The quantitative estimate of drug-likeness (QED) is 0.686. The molecule has 2 atom stereocenters.